The predicted octanol–water partition coefficient (Wildman–Crippen LogP) is 5.08. The molecule has 1 amide bonds. The monoisotopic (exact) mass is 474 g/mol. The van der Waals surface area contributed by atoms with Crippen molar-refractivity contribution in [3.05, 3.63) is 70.9 Å². The maximum absolute atomic E-state index is 12.6. The molecule has 0 radical (unpaired) electrons. The van der Waals surface area contributed by atoms with Crippen LogP contribution in [0.2, 0.25) is 0 Å². The van der Waals surface area contributed by atoms with Crippen molar-refractivity contribution < 1.29 is 27.2 Å². The lowest BCUT2D eigenvalue weighted by Gasteiger charge is -2.07. The highest BCUT2D eigenvalue weighted by Gasteiger charge is 2.38. The van der Waals surface area contributed by atoms with Gasteiger partial charge in [-0.3, -0.25) is 4.79 Å². The van der Waals surface area contributed by atoms with Crippen LogP contribution < -0.4 is 10.1 Å². The van der Waals surface area contributed by atoms with Crippen molar-refractivity contribution in [2.24, 2.45) is 0 Å². The Labute approximate surface area is 190 Å². The van der Waals surface area contributed by atoms with Gasteiger partial charge < -0.3 is 14.6 Å². The lowest BCUT2D eigenvalue weighted by molar-refractivity contribution is -0.159. The molecule has 4 aromatic rings. The zero-order chi connectivity index (χ0) is 23.3. The molecule has 0 aliphatic heterocycles. The molecular formula is C22H17F3N4O3S. The molecule has 0 aliphatic carbocycles. The second kappa shape index (κ2) is 9.82. The van der Waals surface area contributed by atoms with Gasteiger partial charge in [-0.25, -0.2) is 4.98 Å². The van der Waals surface area contributed by atoms with Crippen LogP contribution in [-0.2, 0) is 6.18 Å². The lowest BCUT2D eigenvalue weighted by atomic mass is 10.2. The van der Waals surface area contributed by atoms with Gasteiger partial charge in [0.15, 0.2) is 5.01 Å². The molecule has 170 valence electrons. The molecule has 11 heteroatoms. The zero-order valence-corrected chi connectivity index (χ0v) is 17.8. The molecular weight excluding hydrogens is 457 g/mol. The first-order valence-corrected chi connectivity index (χ1v) is 10.7. The van der Waals surface area contributed by atoms with E-state index in [0.29, 0.717) is 35.9 Å². The summed E-state index contributed by atoms with van der Waals surface area (Å²) in [5.74, 6) is -1.27. The Morgan fingerprint density at radius 1 is 1.03 bits per heavy atom. The summed E-state index contributed by atoms with van der Waals surface area (Å²) in [6.07, 6.45) is -4.13. The number of thiazole rings is 1. The van der Waals surface area contributed by atoms with Crippen molar-refractivity contribution in [1.29, 1.82) is 0 Å². The summed E-state index contributed by atoms with van der Waals surface area (Å²) in [5, 5.41) is 8.38. The highest BCUT2D eigenvalue weighted by Crippen LogP contribution is 2.29. The van der Waals surface area contributed by atoms with Gasteiger partial charge in [0, 0.05) is 23.1 Å². The Morgan fingerprint density at radius 3 is 2.48 bits per heavy atom. The standard InChI is InChI=1S/C22H17F3N4O3S/c23-22(24,25)21-28-18(29-32-21)15-7-9-16(10-8-15)31-12-4-11-26-19(30)20-27-17(13-33-20)14-5-2-1-3-6-14/h1-3,5-10,13H,4,11-12H2,(H,26,30). The van der Waals surface area contributed by atoms with Gasteiger partial charge in [-0.2, -0.15) is 18.2 Å². The Hall–Kier alpha value is -3.73. The smallest absolute Gasteiger partial charge is 0.471 e. The number of benzene rings is 2. The van der Waals surface area contributed by atoms with Crippen molar-refractivity contribution in [1.82, 2.24) is 20.4 Å². The van der Waals surface area contributed by atoms with Gasteiger partial charge in [-0.1, -0.05) is 35.5 Å². The predicted molar refractivity (Wildman–Crippen MR) is 115 cm³/mol. The number of nitrogens with zero attached hydrogens (tertiary/aromatic N) is 3. The number of rotatable bonds is 8. The van der Waals surface area contributed by atoms with Crippen molar-refractivity contribution in [2.75, 3.05) is 13.2 Å². The Balaban J connectivity index is 1.21. The van der Waals surface area contributed by atoms with Crippen LogP contribution in [0.15, 0.2) is 64.5 Å². The third-order valence-corrected chi connectivity index (χ3v) is 5.27. The van der Waals surface area contributed by atoms with E-state index in [1.54, 1.807) is 12.1 Å². The number of amides is 1. The van der Waals surface area contributed by atoms with E-state index in [1.165, 1.54) is 23.5 Å². The van der Waals surface area contributed by atoms with Crippen LogP contribution >= 0.6 is 11.3 Å². The summed E-state index contributed by atoms with van der Waals surface area (Å²) in [5.41, 5.74) is 2.08. The number of aromatic nitrogens is 3. The fourth-order valence-electron chi connectivity index (χ4n) is 2.82. The lowest BCUT2D eigenvalue weighted by Crippen LogP contribution is -2.25. The molecule has 2 aromatic carbocycles. The number of nitrogens with one attached hydrogen (secondary N) is 1. The summed E-state index contributed by atoms with van der Waals surface area (Å²) in [6, 6.07) is 15.9. The minimum Gasteiger partial charge on any atom is -0.494 e. The van der Waals surface area contributed by atoms with Crippen LogP contribution in [0.4, 0.5) is 13.2 Å². The molecule has 1 N–H and O–H groups in total. The summed E-state index contributed by atoms with van der Waals surface area (Å²) in [6.45, 7) is 0.743. The summed E-state index contributed by atoms with van der Waals surface area (Å²) in [7, 11) is 0. The second-order valence-corrected chi connectivity index (χ2v) is 7.67. The quantitative estimate of drug-likeness (QED) is 0.358. The van der Waals surface area contributed by atoms with E-state index in [9.17, 15) is 18.0 Å². The number of alkyl halides is 3. The molecule has 0 saturated carbocycles. The highest BCUT2D eigenvalue weighted by atomic mass is 32.1. The second-order valence-electron chi connectivity index (χ2n) is 6.81. The topological polar surface area (TPSA) is 90.1 Å². The Kier molecular flexibility index (Phi) is 6.68. The maximum atomic E-state index is 12.6. The molecule has 2 heterocycles. The van der Waals surface area contributed by atoms with Crippen molar-refractivity contribution >= 4 is 17.2 Å². The van der Waals surface area contributed by atoms with E-state index in [2.05, 4.69) is 25.0 Å². The highest BCUT2D eigenvalue weighted by molar-refractivity contribution is 7.12. The number of ether oxygens (including phenoxy) is 1. The van der Waals surface area contributed by atoms with Gasteiger partial charge in [0.25, 0.3) is 5.91 Å². The average molecular weight is 474 g/mol. The third-order valence-electron chi connectivity index (χ3n) is 4.42. The number of carbonyl (C=O) groups excluding carboxylic acids is 1. The molecule has 0 spiro atoms. The van der Waals surface area contributed by atoms with Gasteiger partial charge in [-0.05, 0) is 30.7 Å². The van der Waals surface area contributed by atoms with E-state index in [4.69, 9.17) is 4.74 Å². The number of halogens is 3. The molecule has 0 fully saturated rings. The number of carbonyl (C=O) groups is 1. The van der Waals surface area contributed by atoms with Crippen molar-refractivity contribution in [2.45, 2.75) is 12.6 Å². The molecule has 0 atom stereocenters. The van der Waals surface area contributed by atoms with E-state index in [0.717, 1.165) is 11.3 Å². The minimum atomic E-state index is -4.69. The third kappa shape index (κ3) is 5.75. The van der Waals surface area contributed by atoms with E-state index < -0.39 is 12.1 Å². The zero-order valence-electron chi connectivity index (χ0n) is 17.0. The van der Waals surface area contributed by atoms with Gasteiger partial charge >= 0.3 is 12.1 Å². The molecule has 0 unspecified atom stereocenters. The van der Waals surface area contributed by atoms with Crippen molar-refractivity contribution in [3.8, 4) is 28.4 Å². The summed E-state index contributed by atoms with van der Waals surface area (Å²) >= 11 is 1.28. The summed E-state index contributed by atoms with van der Waals surface area (Å²) in [4.78, 5) is 20.0. The largest absolute Gasteiger partial charge is 0.494 e. The molecule has 0 bridgehead atoms. The first-order valence-electron chi connectivity index (χ1n) is 9.83. The number of hydrogen-bond donors (Lipinski definition) is 1. The Bertz CT molecular complexity index is 1210. The molecule has 33 heavy (non-hydrogen) atoms. The van der Waals surface area contributed by atoms with Gasteiger partial charge in [-0.15, -0.1) is 11.3 Å². The Morgan fingerprint density at radius 2 is 1.79 bits per heavy atom. The molecule has 4 rings (SSSR count). The van der Waals surface area contributed by atoms with Crippen LogP contribution in [0.1, 0.15) is 22.1 Å². The average Bonchev–Trinajstić information content (AvgIpc) is 3.50. The minimum absolute atomic E-state index is 0.158. The van der Waals surface area contributed by atoms with Crippen molar-refractivity contribution in [3.63, 3.8) is 0 Å². The summed E-state index contributed by atoms with van der Waals surface area (Å²) < 4.78 is 47.5. The van der Waals surface area contributed by atoms with Crippen LogP contribution in [0.5, 0.6) is 5.75 Å². The molecule has 0 saturated heterocycles. The molecule has 2 aromatic heterocycles. The van der Waals surface area contributed by atoms with Crippen LogP contribution in [0.3, 0.4) is 0 Å². The van der Waals surface area contributed by atoms with Gasteiger partial charge in [0.2, 0.25) is 5.82 Å². The maximum Gasteiger partial charge on any atom is 0.471 e. The first-order chi connectivity index (χ1) is 15.9. The fraction of sp³-hybridized carbons (Fsp3) is 0.182. The molecule has 7 nitrogen and oxygen atoms in total. The van der Waals surface area contributed by atoms with Crippen LogP contribution in [-0.4, -0.2) is 34.2 Å². The van der Waals surface area contributed by atoms with E-state index in [1.807, 2.05) is 35.7 Å². The van der Waals surface area contributed by atoms with Crippen LogP contribution in [0, 0.1) is 0 Å². The fourth-order valence-corrected chi connectivity index (χ4v) is 3.56. The number of hydrogen-bond acceptors (Lipinski definition) is 7. The van der Waals surface area contributed by atoms with Gasteiger partial charge in [0.05, 0.1) is 12.3 Å². The van der Waals surface area contributed by atoms with E-state index >= 15 is 0 Å². The van der Waals surface area contributed by atoms with Crippen LogP contribution in [0.25, 0.3) is 22.6 Å². The van der Waals surface area contributed by atoms with Gasteiger partial charge in [0.1, 0.15) is 5.75 Å². The first kappa shape index (κ1) is 22.5. The normalized spacial score (nSPS) is 11.4. The molecule has 0 aliphatic rings. The van der Waals surface area contributed by atoms with E-state index in [-0.39, 0.29) is 11.7 Å². The SMILES string of the molecule is O=C(NCCCOc1ccc(-c2noc(C(F)(F)F)n2)cc1)c1nc(-c2ccccc2)cs1.